The molecule has 4 aromatic rings. The molecule has 0 aliphatic carbocycles. The van der Waals surface area contributed by atoms with Gasteiger partial charge in [0.2, 0.25) is 0 Å². The molecule has 27 heavy (non-hydrogen) atoms. The van der Waals surface area contributed by atoms with Gasteiger partial charge in [-0.2, -0.15) is 0 Å². The van der Waals surface area contributed by atoms with E-state index in [4.69, 9.17) is 4.42 Å². The van der Waals surface area contributed by atoms with Gasteiger partial charge < -0.3 is 9.73 Å². The summed E-state index contributed by atoms with van der Waals surface area (Å²) in [6, 6.07) is 21.3. The molecule has 1 heterocycles. The predicted molar refractivity (Wildman–Crippen MR) is 107 cm³/mol. The summed E-state index contributed by atoms with van der Waals surface area (Å²) >= 11 is 0. The molecule has 0 unspecified atom stereocenters. The fourth-order valence-electron chi connectivity index (χ4n) is 3.03. The van der Waals surface area contributed by atoms with E-state index in [2.05, 4.69) is 10.3 Å². The maximum atomic E-state index is 12.3. The first-order valence-electron chi connectivity index (χ1n) is 8.90. The molecule has 4 nitrogen and oxygen atoms in total. The van der Waals surface area contributed by atoms with Crippen LogP contribution < -0.4 is 5.32 Å². The van der Waals surface area contributed by atoms with Crippen LogP contribution in [0.15, 0.2) is 71.1 Å². The Morgan fingerprint density at radius 1 is 0.963 bits per heavy atom. The summed E-state index contributed by atoms with van der Waals surface area (Å²) in [5.41, 5.74) is 6.40. The van der Waals surface area contributed by atoms with E-state index in [1.165, 1.54) is 0 Å². The van der Waals surface area contributed by atoms with Crippen LogP contribution in [0.5, 0.6) is 0 Å². The van der Waals surface area contributed by atoms with Gasteiger partial charge in [0.25, 0.3) is 5.91 Å². The Labute approximate surface area is 157 Å². The molecule has 0 aliphatic heterocycles. The number of hydrogen-bond acceptors (Lipinski definition) is 3. The van der Waals surface area contributed by atoms with E-state index in [1.54, 1.807) is 0 Å². The van der Waals surface area contributed by atoms with Gasteiger partial charge in [-0.15, -0.1) is 0 Å². The van der Waals surface area contributed by atoms with Crippen molar-refractivity contribution in [2.75, 3.05) is 5.32 Å². The first kappa shape index (κ1) is 17.0. The summed E-state index contributed by atoms with van der Waals surface area (Å²) in [6.45, 7) is 4.01. The molecule has 0 bridgehead atoms. The Morgan fingerprint density at radius 2 is 1.74 bits per heavy atom. The molecule has 0 aliphatic rings. The number of benzene rings is 3. The lowest BCUT2D eigenvalue weighted by Gasteiger charge is -2.07. The third-order valence-corrected chi connectivity index (χ3v) is 4.43. The van der Waals surface area contributed by atoms with Crippen molar-refractivity contribution in [2.45, 2.75) is 20.3 Å². The molecule has 1 N–H and O–H groups in total. The molecule has 0 saturated carbocycles. The minimum Gasteiger partial charge on any atom is -0.440 e. The van der Waals surface area contributed by atoms with Crippen molar-refractivity contribution < 1.29 is 9.21 Å². The molecule has 0 fully saturated rings. The molecule has 0 spiro atoms. The second-order valence-corrected chi connectivity index (χ2v) is 6.78. The predicted octanol–water partition coefficient (Wildman–Crippen LogP) is 5.29. The number of anilines is 1. The number of nitrogens with zero attached hydrogens (tertiary/aromatic N) is 1. The monoisotopic (exact) mass is 356 g/mol. The standard InChI is InChI=1S/C23H20N2O2/c1-15-4-3-5-18(12-15)23(26)24-19-9-7-17(8-10-19)14-22-25-20-13-16(2)6-11-21(20)27-22/h3-13H,14H2,1-2H3,(H,24,26). The van der Waals surface area contributed by atoms with Crippen molar-refractivity contribution >= 4 is 22.7 Å². The average Bonchev–Trinajstić information content (AvgIpc) is 3.04. The van der Waals surface area contributed by atoms with Gasteiger partial charge in [0.15, 0.2) is 11.5 Å². The fourth-order valence-corrected chi connectivity index (χ4v) is 3.03. The Balaban J connectivity index is 1.46. The Morgan fingerprint density at radius 3 is 2.52 bits per heavy atom. The van der Waals surface area contributed by atoms with Crippen LogP contribution >= 0.6 is 0 Å². The lowest BCUT2D eigenvalue weighted by molar-refractivity contribution is 0.102. The van der Waals surface area contributed by atoms with Gasteiger partial charge in [0.1, 0.15) is 5.52 Å². The molecule has 1 amide bonds. The Bertz CT molecular complexity index is 1110. The van der Waals surface area contributed by atoms with Crippen molar-refractivity contribution in [1.82, 2.24) is 4.98 Å². The molecule has 0 radical (unpaired) electrons. The molecule has 0 saturated heterocycles. The molecular formula is C23H20N2O2. The summed E-state index contributed by atoms with van der Waals surface area (Å²) in [4.78, 5) is 16.9. The maximum absolute atomic E-state index is 12.3. The Hall–Kier alpha value is -3.40. The summed E-state index contributed by atoms with van der Waals surface area (Å²) in [7, 11) is 0. The number of carbonyl (C=O) groups excluding carboxylic acids is 1. The highest BCUT2D eigenvalue weighted by Gasteiger charge is 2.09. The smallest absolute Gasteiger partial charge is 0.255 e. The highest BCUT2D eigenvalue weighted by atomic mass is 16.3. The van der Waals surface area contributed by atoms with Gasteiger partial charge in [-0.25, -0.2) is 4.98 Å². The minimum atomic E-state index is -0.110. The fraction of sp³-hybridized carbons (Fsp3) is 0.130. The van der Waals surface area contributed by atoms with Gasteiger partial charge in [-0.3, -0.25) is 4.79 Å². The number of amides is 1. The van der Waals surface area contributed by atoms with Crippen LogP contribution in [0.4, 0.5) is 5.69 Å². The van der Waals surface area contributed by atoms with Gasteiger partial charge >= 0.3 is 0 Å². The highest BCUT2D eigenvalue weighted by molar-refractivity contribution is 6.04. The molecule has 1 aromatic heterocycles. The van der Waals surface area contributed by atoms with Crippen molar-refractivity contribution in [1.29, 1.82) is 0 Å². The van der Waals surface area contributed by atoms with E-state index in [1.807, 2.05) is 80.6 Å². The summed E-state index contributed by atoms with van der Waals surface area (Å²) in [5, 5.41) is 2.93. The number of fused-ring (bicyclic) bond motifs is 1. The van der Waals surface area contributed by atoms with Crippen molar-refractivity contribution in [3.63, 3.8) is 0 Å². The zero-order chi connectivity index (χ0) is 18.8. The molecule has 4 rings (SSSR count). The molecule has 0 atom stereocenters. The molecule has 134 valence electrons. The van der Waals surface area contributed by atoms with E-state index in [9.17, 15) is 4.79 Å². The average molecular weight is 356 g/mol. The SMILES string of the molecule is Cc1cccc(C(=O)Nc2ccc(Cc3nc4cc(C)ccc4o3)cc2)c1. The van der Waals surface area contributed by atoms with Crippen molar-refractivity contribution in [3.8, 4) is 0 Å². The zero-order valence-electron chi connectivity index (χ0n) is 15.3. The number of nitrogens with one attached hydrogen (secondary N) is 1. The van der Waals surface area contributed by atoms with Crippen LogP contribution in [0.3, 0.4) is 0 Å². The number of rotatable bonds is 4. The van der Waals surface area contributed by atoms with Gasteiger partial charge in [0, 0.05) is 17.7 Å². The van der Waals surface area contributed by atoms with Crippen LogP contribution in [0, 0.1) is 13.8 Å². The number of aromatic nitrogens is 1. The first-order valence-corrected chi connectivity index (χ1v) is 8.90. The van der Waals surface area contributed by atoms with Crippen LogP contribution in [-0.2, 0) is 6.42 Å². The Kier molecular flexibility index (Phi) is 4.47. The van der Waals surface area contributed by atoms with Crippen LogP contribution in [0.25, 0.3) is 11.1 Å². The largest absolute Gasteiger partial charge is 0.440 e. The van der Waals surface area contributed by atoms with Crippen LogP contribution in [0.2, 0.25) is 0 Å². The van der Waals surface area contributed by atoms with E-state index in [0.717, 1.165) is 33.5 Å². The maximum Gasteiger partial charge on any atom is 0.255 e. The summed E-state index contributed by atoms with van der Waals surface area (Å²) in [5.74, 6) is 0.577. The minimum absolute atomic E-state index is 0.110. The quantitative estimate of drug-likeness (QED) is 0.541. The van der Waals surface area contributed by atoms with Crippen molar-refractivity contribution in [3.05, 3.63) is 94.9 Å². The van der Waals surface area contributed by atoms with E-state index < -0.39 is 0 Å². The summed E-state index contributed by atoms with van der Waals surface area (Å²) < 4.78 is 5.81. The third kappa shape index (κ3) is 3.90. The van der Waals surface area contributed by atoms with Crippen LogP contribution in [-0.4, -0.2) is 10.9 Å². The number of carbonyl (C=O) groups is 1. The van der Waals surface area contributed by atoms with Gasteiger partial charge in [-0.05, 0) is 61.4 Å². The van der Waals surface area contributed by atoms with Crippen LogP contribution in [0.1, 0.15) is 32.9 Å². The normalized spacial score (nSPS) is 10.9. The number of aryl methyl sites for hydroxylation is 2. The number of hydrogen-bond donors (Lipinski definition) is 1. The van der Waals surface area contributed by atoms with Crippen molar-refractivity contribution in [2.24, 2.45) is 0 Å². The van der Waals surface area contributed by atoms with E-state index in [0.29, 0.717) is 17.9 Å². The molecular weight excluding hydrogens is 336 g/mol. The molecule has 3 aromatic carbocycles. The summed E-state index contributed by atoms with van der Waals surface area (Å²) in [6.07, 6.45) is 0.611. The highest BCUT2D eigenvalue weighted by Crippen LogP contribution is 2.20. The topological polar surface area (TPSA) is 55.1 Å². The first-order chi connectivity index (χ1) is 13.1. The lowest BCUT2D eigenvalue weighted by Crippen LogP contribution is -2.11. The van der Waals surface area contributed by atoms with Gasteiger partial charge in [-0.1, -0.05) is 35.9 Å². The van der Waals surface area contributed by atoms with E-state index >= 15 is 0 Å². The third-order valence-electron chi connectivity index (χ3n) is 4.43. The van der Waals surface area contributed by atoms with E-state index in [-0.39, 0.29) is 5.91 Å². The lowest BCUT2D eigenvalue weighted by atomic mass is 10.1. The molecule has 4 heteroatoms. The number of oxazole rings is 1. The van der Waals surface area contributed by atoms with Gasteiger partial charge in [0.05, 0.1) is 0 Å². The second-order valence-electron chi connectivity index (χ2n) is 6.78. The zero-order valence-corrected chi connectivity index (χ0v) is 15.3. The second kappa shape index (κ2) is 7.08.